The summed E-state index contributed by atoms with van der Waals surface area (Å²) in [5, 5.41) is 11.0. The molecule has 0 spiro atoms. The van der Waals surface area contributed by atoms with Crippen LogP contribution < -0.4 is 5.32 Å². The zero-order valence-electron chi connectivity index (χ0n) is 10.1. The standard InChI is InChI=1S/C11H19NO5/c1-7(11(14)15)12-10(13)8(2)17-6-9-4-3-5-16-9/h7-9H,3-6H2,1-2H3,(H,12,13)(H,14,15)/t7-,8-,9-/m0/s1. The molecule has 98 valence electrons. The van der Waals surface area contributed by atoms with Gasteiger partial charge in [-0.2, -0.15) is 0 Å². The largest absolute Gasteiger partial charge is 0.480 e. The fourth-order valence-corrected chi connectivity index (χ4v) is 1.50. The van der Waals surface area contributed by atoms with E-state index in [1.165, 1.54) is 6.92 Å². The van der Waals surface area contributed by atoms with E-state index in [1.807, 2.05) is 0 Å². The summed E-state index contributed by atoms with van der Waals surface area (Å²) in [4.78, 5) is 22.1. The van der Waals surface area contributed by atoms with Gasteiger partial charge in [0.15, 0.2) is 0 Å². The van der Waals surface area contributed by atoms with Crippen LogP contribution in [0.3, 0.4) is 0 Å². The molecule has 1 rings (SSSR count). The number of hydrogen-bond donors (Lipinski definition) is 2. The van der Waals surface area contributed by atoms with E-state index < -0.39 is 24.0 Å². The Morgan fingerprint density at radius 1 is 1.53 bits per heavy atom. The Kier molecular flexibility index (Phi) is 5.37. The molecule has 3 atom stereocenters. The van der Waals surface area contributed by atoms with Crippen LogP contribution in [0, 0.1) is 0 Å². The molecular formula is C11H19NO5. The third-order valence-electron chi connectivity index (χ3n) is 2.65. The number of carbonyl (C=O) groups is 2. The lowest BCUT2D eigenvalue weighted by atomic mass is 10.2. The number of ether oxygens (including phenoxy) is 2. The van der Waals surface area contributed by atoms with Crippen LogP contribution in [-0.2, 0) is 19.1 Å². The Morgan fingerprint density at radius 2 is 2.24 bits per heavy atom. The maximum Gasteiger partial charge on any atom is 0.325 e. The summed E-state index contributed by atoms with van der Waals surface area (Å²) < 4.78 is 10.7. The fraction of sp³-hybridized carbons (Fsp3) is 0.818. The second kappa shape index (κ2) is 6.56. The summed E-state index contributed by atoms with van der Waals surface area (Å²) in [7, 11) is 0. The van der Waals surface area contributed by atoms with Crippen LogP contribution in [0.2, 0.25) is 0 Å². The van der Waals surface area contributed by atoms with Gasteiger partial charge in [0.25, 0.3) is 0 Å². The molecule has 1 aliphatic rings. The first kappa shape index (κ1) is 13.9. The van der Waals surface area contributed by atoms with Crippen molar-refractivity contribution in [2.45, 2.75) is 44.9 Å². The van der Waals surface area contributed by atoms with Gasteiger partial charge in [0, 0.05) is 6.61 Å². The first-order chi connectivity index (χ1) is 8.00. The van der Waals surface area contributed by atoms with E-state index in [0.717, 1.165) is 19.4 Å². The van der Waals surface area contributed by atoms with Crippen LogP contribution in [0.4, 0.5) is 0 Å². The minimum atomic E-state index is -1.07. The summed E-state index contributed by atoms with van der Waals surface area (Å²) in [5.41, 5.74) is 0. The average Bonchev–Trinajstić information content (AvgIpc) is 2.78. The van der Waals surface area contributed by atoms with Crippen molar-refractivity contribution in [1.29, 1.82) is 0 Å². The lowest BCUT2D eigenvalue weighted by molar-refractivity contribution is -0.144. The van der Waals surface area contributed by atoms with Crippen LogP contribution in [-0.4, -0.2) is 48.4 Å². The lowest BCUT2D eigenvalue weighted by Gasteiger charge is -2.17. The van der Waals surface area contributed by atoms with Crippen molar-refractivity contribution in [2.24, 2.45) is 0 Å². The smallest absolute Gasteiger partial charge is 0.325 e. The van der Waals surface area contributed by atoms with Crippen LogP contribution >= 0.6 is 0 Å². The van der Waals surface area contributed by atoms with E-state index in [0.29, 0.717) is 6.61 Å². The van der Waals surface area contributed by atoms with Gasteiger partial charge in [-0.1, -0.05) is 0 Å². The van der Waals surface area contributed by atoms with Gasteiger partial charge in [0.05, 0.1) is 12.7 Å². The number of amides is 1. The highest BCUT2D eigenvalue weighted by molar-refractivity contribution is 5.85. The predicted octanol–water partition coefficient (Wildman–Crippen LogP) is 0.160. The maximum absolute atomic E-state index is 11.5. The van der Waals surface area contributed by atoms with Gasteiger partial charge in [0.2, 0.25) is 5.91 Å². The van der Waals surface area contributed by atoms with Crippen LogP contribution in [0.1, 0.15) is 26.7 Å². The van der Waals surface area contributed by atoms with Gasteiger partial charge in [-0.15, -0.1) is 0 Å². The van der Waals surface area contributed by atoms with Crippen LogP contribution in [0.5, 0.6) is 0 Å². The zero-order valence-corrected chi connectivity index (χ0v) is 10.1. The lowest BCUT2D eigenvalue weighted by Crippen LogP contribution is -2.44. The molecule has 2 N–H and O–H groups in total. The molecule has 1 aliphatic heterocycles. The number of carboxylic acid groups (broad SMARTS) is 1. The van der Waals surface area contributed by atoms with Crippen molar-refractivity contribution in [2.75, 3.05) is 13.2 Å². The topological polar surface area (TPSA) is 84.9 Å². The van der Waals surface area contributed by atoms with Gasteiger partial charge >= 0.3 is 5.97 Å². The molecule has 17 heavy (non-hydrogen) atoms. The number of carbonyl (C=O) groups excluding carboxylic acids is 1. The van der Waals surface area contributed by atoms with Crippen LogP contribution in [0.25, 0.3) is 0 Å². The summed E-state index contributed by atoms with van der Waals surface area (Å²) in [6.45, 7) is 4.12. The third kappa shape index (κ3) is 4.70. The van der Waals surface area contributed by atoms with Crippen molar-refractivity contribution in [3.05, 3.63) is 0 Å². The summed E-state index contributed by atoms with van der Waals surface area (Å²) >= 11 is 0. The quantitative estimate of drug-likeness (QED) is 0.696. The van der Waals surface area contributed by atoms with Crippen molar-refractivity contribution >= 4 is 11.9 Å². The Bertz CT molecular complexity index is 275. The molecule has 0 unspecified atom stereocenters. The molecule has 6 heteroatoms. The molecule has 0 aromatic heterocycles. The molecule has 1 fully saturated rings. The Labute approximate surface area is 100 Å². The second-order valence-corrected chi connectivity index (χ2v) is 4.18. The minimum Gasteiger partial charge on any atom is -0.480 e. The molecule has 0 aliphatic carbocycles. The molecule has 0 saturated carbocycles. The SMILES string of the molecule is C[C@H](NC(=O)[C@H](C)OC[C@@H]1CCCO1)C(=O)O. The number of hydrogen-bond acceptors (Lipinski definition) is 4. The summed E-state index contributed by atoms with van der Waals surface area (Å²) in [5.74, 6) is -1.48. The molecule has 0 bridgehead atoms. The molecule has 0 aromatic rings. The monoisotopic (exact) mass is 245 g/mol. The molecule has 0 aromatic carbocycles. The van der Waals surface area contributed by atoms with Gasteiger partial charge in [-0.25, -0.2) is 0 Å². The maximum atomic E-state index is 11.5. The van der Waals surface area contributed by atoms with E-state index in [-0.39, 0.29) is 6.10 Å². The highest BCUT2D eigenvalue weighted by atomic mass is 16.5. The first-order valence-electron chi connectivity index (χ1n) is 5.77. The van der Waals surface area contributed by atoms with Gasteiger partial charge < -0.3 is 19.9 Å². The van der Waals surface area contributed by atoms with Gasteiger partial charge in [0.1, 0.15) is 12.1 Å². The zero-order chi connectivity index (χ0) is 12.8. The fourth-order valence-electron chi connectivity index (χ4n) is 1.50. The number of nitrogens with one attached hydrogen (secondary N) is 1. The Balaban J connectivity index is 2.23. The molecule has 1 heterocycles. The van der Waals surface area contributed by atoms with Gasteiger partial charge in [-0.05, 0) is 26.7 Å². The van der Waals surface area contributed by atoms with Gasteiger partial charge in [-0.3, -0.25) is 9.59 Å². The van der Waals surface area contributed by atoms with Crippen molar-refractivity contribution in [3.63, 3.8) is 0 Å². The molecule has 0 radical (unpaired) electrons. The highest BCUT2D eigenvalue weighted by Crippen LogP contribution is 2.12. The highest BCUT2D eigenvalue weighted by Gasteiger charge is 2.22. The van der Waals surface area contributed by atoms with Crippen molar-refractivity contribution in [1.82, 2.24) is 5.32 Å². The average molecular weight is 245 g/mol. The van der Waals surface area contributed by atoms with Crippen molar-refractivity contribution in [3.8, 4) is 0 Å². The molecule has 6 nitrogen and oxygen atoms in total. The van der Waals surface area contributed by atoms with E-state index in [1.54, 1.807) is 6.92 Å². The van der Waals surface area contributed by atoms with E-state index in [9.17, 15) is 9.59 Å². The third-order valence-corrected chi connectivity index (χ3v) is 2.65. The normalized spacial score (nSPS) is 23.1. The minimum absolute atomic E-state index is 0.0575. The number of carboxylic acids is 1. The first-order valence-corrected chi connectivity index (χ1v) is 5.77. The van der Waals surface area contributed by atoms with E-state index in [4.69, 9.17) is 14.6 Å². The summed E-state index contributed by atoms with van der Waals surface area (Å²) in [6, 6.07) is -0.906. The summed E-state index contributed by atoms with van der Waals surface area (Å²) in [6.07, 6.45) is 1.35. The Hall–Kier alpha value is -1.14. The molecular weight excluding hydrogens is 226 g/mol. The predicted molar refractivity (Wildman–Crippen MR) is 59.6 cm³/mol. The van der Waals surface area contributed by atoms with E-state index >= 15 is 0 Å². The second-order valence-electron chi connectivity index (χ2n) is 4.18. The van der Waals surface area contributed by atoms with E-state index in [2.05, 4.69) is 5.32 Å². The molecule has 1 amide bonds. The Morgan fingerprint density at radius 3 is 2.76 bits per heavy atom. The number of aliphatic carboxylic acids is 1. The number of rotatable bonds is 6. The van der Waals surface area contributed by atoms with Crippen LogP contribution in [0.15, 0.2) is 0 Å². The molecule has 1 saturated heterocycles. The van der Waals surface area contributed by atoms with Crippen molar-refractivity contribution < 1.29 is 24.2 Å².